The summed E-state index contributed by atoms with van der Waals surface area (Å²) in [6.45, 7) is 13.9. The van der Waals surface area contributed by atoms with E-state index in [0.29, 0.717) is 58.7 Å². The average molecular weight is 999 g/mol. The molecule has 11 heteroatoms. The van der Waals surface area contributed by atoms with Gasteiger partial charge in [-0.2, -0.15) is 4.58 Å². The van der Waals surface area contributed by atoms with Gasteiger partial charge in [-0.1, -0.05) is 99.1 Å². The molecule has 75 heavy (non-hydrogen) atoms. The molecule has 0 aliphatic carbocycles. The SMILES string of the molecule is C[N+]1=C(/C=C/C=C2\N(CCCCCC(=O)NCCc3cc(CN(Cc4ccccn4)Cc4ccccn4)c(O)c(CN(Cc4ccccn4)Cc4ccccn4)c3)c3ccccc3C2(C)C)C(C)(C)c2ccccc21. The molecule has 2 aliphatic rings. The molecule has 0 fully saturated rings. The third-order valence-electron chi connectivity index (χ3n) is 14.8. The number of rotatable bonds is 23. The van der Waals surface area contributed by atoms with E-state index < -0.39 is 0 Å². The van der Waals surface area contributed by atoms with Crippen molar-refractivity contribution in [3.05, 3.63) is 233 Å². The Morgan fingerprint density at radius 3 is 1.65 bits per heavy atom. The Labute approximate surface area is 444 Å². The number of para-hydroxylation sites is 2. The van der Waals surface area contributed by atoms with Crippen molar-refractivity contribution >= 4 is 23.0 Å². The standard InChI is InChI=1S/C64H71N9O2/c1-63(2)55-26-8-10-28-57(55)70(5)59(63)30-21-31-60-64(3,4)56-27-9-11-29-58(56)73(60)39-20-6-7-32-61(74)69-38-33-48-40-49(42-71(44-51-22-12-16-34-65-51)45-52-23-13-17-35-66-52)62(75)50(41-48)43-72(46-53-24-14-18-36-67-53)47-54-25-15-19-37-68-54/h8-19,21-31,34-37,40-41H,6-7,20,32-33,38-39,42-47H2,1-5H3,(H-,69,74,75)/p+1. The van der Waals surface area contributed by atoms with E-state index in [1.807, 2.05) is 97.6 Å². The lowest BCUT2D eigenvalue weighted by Crippen LogP contribution is -2.28. The second-order valence-electron chi connectivity index (χ2n) is 21.0. The van der Waals surface area contributed by atoms with E-state index >= 15 is 0 Å². The minimum atomic E-state index is -0.151. The van der Waals surface area contributed by atoms with Crippen molar-refractivity contribution in [1.82, 2.24) is 35.1 Å². The summed E-state index contributed by atoms with van der Waals surface area (Å²) in [7, 11) is 2.17. The number of carbonyl (C=O) groups excluding carboxylic acids is 1. The van der Waals surface area contributed by atoms with Gasteiger partial charge < -0.3 is 15.3 Å². The van der Waals surface area contributed by atoms with Gasteiger partial charge in [-0.15, -0.1) is 0 Å². The molecule has 0 saturated carbocycles. The van der Waals surface area contributed by atoms with Gasteiger partial charge >= 0.3 is 0 Å². The molecule has 3 aromatic carbocycles. The molecule has 9 rings (SSSR count). The fourth-order valence-electron chi connectivity index (χ4n) is 11.0. The van der Waals surface area contributed by atoms with Crippen LogP contribution in [0.1, 0.15) is 104 Å². The zero-order valence-electron chi connectivity index (χ0n) is 44.4. The lowest BCUT2D eigenvalue weighted by Gasteiger charge is -2.27. The van der Waals surface area contributed by atoms with E-state index in [4.69, 9.17) is 0 Å². The first-order chi connectivity index (χ1) is 36.4. The monoisotopic (exact) mass is 999 g/mol. The van der Waals surface area contributed by atoms with Crippen LogP contribution in [0.3, 0.4) is 0 Å². The smallest absolute Gasteiger partial charge is 0.220 e. The fraction of sp³-hybridized carbons (Fsp3) is 0.312. The Kier molecular flexibility index (Phi) is 16.8. The largest absolute Gasteiger partial charge is 0.507 e. The van der Waals surface area contributed by atoms with E-state index in [1.54, 1.807) is 0 Å². The molecule has 6 heterocycles. The lowest BCUT2D eigenvalue weighted by atomic mass is 9.81. The van der Waals surface area contributed by atoms with Crippen LogP contribution >= 0.6 is 0 Å². The van der Waals surface area contributed by atoms with Crippen molar-refractivity contribution in [3.63, 3.8) is 0 Å². The molecule has 0 unspecified atom stereocenters. The summed E-state index contributed by atoms with van der Waals surface area (Å²) >= 11 is 0. The number of pyridine rings is 4. The number of allylic oxidation sites excluding steroid dienone is 4. The number of aromatic hydroxyl groups is 1. The van der Waals surface area contributed by atoms with Crippen LogP contribution in [0.25, 0.3) is 0 Å². The molecule has 4 aromatic heterocycles. The first-order valence-electron chi connectivity index (χ1n) is 26.6. The van der Waals surface area contributed by atoms with E-state index in [2.05, 4.69) is 158 Å². The van der Waals surface area contributed by atoms with E-state index in [1.165, 1.54) is 33.9 Å². The Bertz CT molecular complexity index is 2930. The summed E-state index contributed by atoms with van der Waals surface area (Å²) in [5.74, 6) is 0.314. The highest BCUT2D eigenvalue weighted by Crippen LogP contribution is 2.48. The summed E-state index contributed by atoms with van der Waals surface area (Å²) in [6.07, 6.45) is 17.9. The Morgan fingerprint density at radius 2 is 1.13 bits per heavy atom. The minimum absolute atomic E-state index is 0.0563. The molecule has 0 spiro atoms. The van der Waals surface area contributed by atoms with Crippen LogP contribution in [0.2, 0.25) is 0 Å². The first-order valence-corrected chi connectivity index (χ1v) is 26.6. The molecular formula is C64H72N9O2+. The second kappa shape index (κ2) is 24.2. The van der Waals surface area contributed by atoms with Crippen LogP contribution < -0.4 is 10.2 Å². The van der Waals surface area contributed by atoms with Crippen LogP contribution in [0.4, 0.5) is 11.4 Å². The summed E-state index contributed by atoms with van der Waals surface area (Å²) in [6, 6.07) is 45.5. The zero-order valence-corrected chi connectivity index (χ0v) is 44.4. The highest BCUT2D eigenvalue weighted by Gasteiger charge is 2.43. The molecule has 0 atom stereocenters. The van der Waals surface area contributed by atoms with Gasteiger partial charge in [0.25, 0.3) is 0 Å². The summed E-state index contributed by atoms with van der Waals surface area (Å²) < 4.78 is 2.32. The summed E-state index contributed by atoms with van der Waals surface area (Å²) in [4.78, 5) is 39.1. The number of nitrogens with one attached hydrogen (secondary N) is 1. The predicted molar refractivity (Wildman–Crippen MR) is 300 cm³/mol. The number of fused-ring (bicyclic) bond motifs is 2. The molecule has 1 amide bonds. The highest BCUT2D eigenvalue weighted by atomic mass is 16.3. The van der Waals surface area contributed by atoms with Crippen LogP contribution in [-0.2, 0) is 61.3 Å². The Balaban J connectivity index is 0.860. The maximum absolute atomic E-state index is 13.5. The number of hydrogen-bond acceptors (Lipinski definition) is 9. The van der Waals surface area contributed by atoms with Gasteiger partial charge in [0.1, 0.15) is 12.8 Å². The highest BCUT2D eigenvalue weighted by molar-refractivity contribution is 6.03. The van der Waals surface area contributed by atoms with Gasteiger partial charge in [0.2, 0.25) is 11.6 Å². The number of hydrogen-bond donors (Lipinski definition) is 2. The lowest BCUT2D eigenvalue weighted by molar-refractivity contribution is -0.401. The van der Waals surface area contributed by atoms with E-state index in [9.17, 15) is 9.90 Å². The topological polar surface area (TPSA) is 114 Å². The second-order valence-corrected chi connectivity index (χ2v) is 21.0. The number of nitrogens with zero attached hydrogens (tertiary/aromatic N) is 8. The molecule has 0 bridgehead atoms. The molecule has 0 radical (unpaired) electrons. The molecule has 7 aromatic rings. The van der Waals surface area contributed by atoms with Crippen molar-refractivity contribution in [2.45, 2.75) is 110 Å². The third-order valence-corrected chi connectivity index (χ3v) is 14.8. The molecule has 2 aliphatic heterocycles. The van der Waals surface area contributed by atoms with Crippen LogP contribution in [0.5, 0.6) is 5.75 Å². The van der Waals surface area contributed by atoms with Crippen LogP contribution in [0, 0.1) is 0 Å². The van der Waals surface area contributed by atoms with Gasteiger partial charge in [0.15, 0.2) is 5.71 Å². The number of aromatic nitrogens is 4. The molecule has 384 valence electrons. The Morgan fingerprint density at radius 1 is 0.627 bits per heavy atom. The van der Waals surface area contributed by atoms with Crippen LogP contribution in [-0.4, -0.2) is 71.2 Å². The van der Waals surface area contributed by atoms with Gasteiger partial charge in [-0.05, 0) is 105 Å². The van der Waals surface area contributed by atoms with Crippen molar-refractivity contribution in [1.29, 1.82) is 0 Å². The predicted octanol–water partition coefficient (Wildman–Crippen LogP) is 11.5. The van der Waals surface area contributed by atoms with Gasteiger partial charge in [0, 0.05) is 129 Å². The Hall–Kier alpha value is -7.60. The molecular weight excluding hydrogens is 927 g/mol. The number of benzene rings is 3. The number of phenols is 1. The maximum Gasteiger partial charge on any atom is 0.220 e. The summed E-state index contributed by atoms with van der Waals surface area (Å²) in [5, 5.41) is 15.5. The van der Waals surface area contributed by atoms with Crippen LogP contribution in [0.15, 0.2) is 182 Å². The van der Waals surface area contributed by atoms with Crippen molar-refractivity contribution in [2.24, 2.45) is 0 Å². The molecule has 11 nitrogen and oxygen atoms in total. The molecule has 2 N–H and O–H groups in total. The fourth-order valence-corrected chi connectivity index (χ4v) is 11.0. The third kappa shape index (κ3) is 12.8. The van der Waals surface area contributed by atoms with Gasteiger partial charge in [0.05, 0.1) is 28.2 Å². The quantitative estimate of drug-likeness (QED) is 0.0478. The van der Waals surface area contributed by atoms with E-state index in [0.717, 1.165) is 65.3 Å². The van der Waals surface area contributed by atoms with Gasteiger partial charge in [-0.25, -0.2) is 0 Å². The van der Waals surface area contributed by atoms with E-state index in [-0.39, 0.29) is 22.5 Å². The summed E-state index contributed by atoms with van der Waals surface area (Å²) in [5.41, 5.74) is 13.9. The molecule has 0 saturated heterocycles. The maximum atomic E-state index is 13.5. The van der Waals surface area contributed by atoms with Crippen molar-refractivity contribution < 1.29 is 14.5 Å². The number of carbonyl (C=O) groups is 1. The number of phenolic OH excluding ortho intramolecular Hbond substituents is 1. The average Bonchev–Trinajstić information content (AvgIpc) is 3.77. The number of unbranched alkanes of at least 4 members (excludes halogenated alkanes) is 2. The van der Waals surface area contributed by atoms with Crippen molar-refractivity contribution in [2.75, 3.05) is 25.0 Å². The zero-order chi connectivity index (χ0) is 52.2. The number of anilines is 1. The minimum Gasteiger partial charge on any atom is -0.507 e. The first kappa shape index (κ1) is 52.3. The number of amides is 1. The normalized spacial score (nSPS) is 15.1. The van der Waals surface area contributed by atoms with Crippen molar-refractivity contribution in [3.8, 4) is 5.75 Å². The van der Waals surface area contributed by atoms with Gasteiger partial charge in [-0.3, -0.25) is 34.5 Å².